The molecular formula is C66H63BN3S2+. The molecule has 356 valence electrons. The van der Waals surface area contributed by atoms with Crippen LogP contribution in [0.3, 0.4) is 0 Å². The number of pyridine rings is 1. The number of benzene rings is 7. The van der Waals surface area contributed by atoms with Crippen LogP contribution in [0.15, 0.2) is 158 Å². The number of anilines is 3. The smallest absolute Gasteiger partial charge is 0.270 e. The second-order valence-electron chi connectivity index (χ2n) is 24.9. The van der Waals surface area contributed by atoms with E-state index in [1.54, 1.807) is 0 Å². The summed E-state index contributed by atoms with van der Waals surface area (Å²) < 4.78 is 9.39. The maximum atomic E-state index is 2.71. The predicted molar refractivity (Wildman–Crippen MR) is 314 cm³/mol. The SMILES string of the molecule is CC(C)(C)c1ccc(N(c2ccc(C(C)(C)C)cc2)c2ccc3c(c2)C([n+]2cccc4c5ccccc5sc42)c2cc(C(C)(C)C)cc4c2B3c2cc(C(C)(C)C)cc3c5sc6ccccc6c5n-4c23)cc1. The Morgan fingerprint density at radius 2 is 1.01 bits per heavy atom. The van der Waals surface area contributed by atoms with Gasteiger partial charge >= 0.3 is 0 Å². The van der Waals surface area contributed by atoms with E-state index in [-0.39, 0.29) is 34.4 Å². The van der Waals surface area contributed by atoms with E-state index in [0.717, 1.165) is 17.1 Å². The summed E-state index contributed by atoms with van der Waals surface area (Å²) in [5, 5.41) is 5.32. The Morgan fingerprint density at radius 3 is 1.64 bits per heavy atom. The molecule has 1 atom stereocenters. The van der Waals surface area contributed by atoms with Crippen molar-refractivity contribution in [1.82, 2.24) is 4.57 Å². The summed E-state index contributed by atoms with van der Waals surface area (Å²) in [7, 11) is 0. The van der Waals surface area contributed by atoms with E-state index in [1.807, 2.05) is 22.7 Å². The van der Waals surface area contributed by atoms with Crippen LogP contribution in [0.2, 0.25) is 0 Å². The molecule has 72 heavy (non-hydrogen) atoms. The molecule has 6 heteroatoms. The van der Waals surface area contributed by atoms with Crippen molar-refractivity contribution >= 4 is 114 Å². The highest BCUT2D eigenvalue weighted by atomic mass is 32.1. The summed E-state index contributed by atoms with van der Waals surface area (Å²) in [6.45, 7) is 28.2. The summed E-state index contributed by atoms with van der Waals surface area (Å²) in [5.41, 5.74) is 19.7. The first-order valence-corrected chi connectivity index (χ1v) is 27.5. The number of thiophene rings is 2. The third-order valence-electron chi connectivity index (χ3n) is 16.0. The van der Waals surface area contributed by atoms with Gasteiger partial charge in [-0.1, -0.05) is 173 Å². The van der Waals surface area contributed by atoms with Crippen LogP contribution >= 0.6 is 22.7 Å². The zero-order valence-corrected chi connectivity index (χ0v) is 45.5. The van der Waals surface area contributed by atoms with Crippen LogP contribution < -0.4 is 25.9 Å². The fourth-order valence-corrected chi connectivity index (χ4v) is 14.5. The van der Waals surface area contributed by atoms with Crippen LogP contribution in [0, 0.1) is 0 Å². The number of hydrogen-bond donors (Lipinski definition) is 0. The van der Waals surface area contributed by atoms with Crippen LogP contribution in [0.1, 0.15) is 123 Å². The number of rotatable bonds is 4. The number of aromatic nitrogens is 2. The Kier molecular flexibility index (Phi) is 9.79. The Morgan fingerprint density at radius 1 is 0.458 bits per heavy atom. The lowest BCUT2D eigenvalue weighted by Gasteiger charge is -2.38. The van der Waals surface area contributed by atoms with Gasteiger partial charge in [-0.05, 0) is 128 Å². The third kappa shape index (κ3) is 6.84. The Balaban J connectivity index is 1.17. The van der Waals surface area contributed by atoms with Gasteiger partial charge in [-0.2, -0.15) is 4.57 Å². The molecular weight excluding hydrogens is 910 g/mol. The van der Waals surface area contributed by atoms with Crippen molar-refractivity contribution in [3.05, 3.63) is 191 Å². The van der Waals surface area contributed by atoms with Crippen LogP contribution in [-0.4, -0.2) is 11.3 Å². The second kappa shape index (κ2) is 15.5. The normalized spacial score (nSPS) is 14.8. The number of hydrogen-bond acceptors (Lipinski definition) is 3. The summed E-state index contributed by atoms with van der Waals surface area (Å²) in [6, 6.07) is 59.0. The average Bonchev–Trinajstić information content (AvgIpc) is 4.02. The quantitative estimate of drug-likeness (QED) is 0.126. The van der Waals surface area contributed by atoms with Gasteiger partial charge in [0.15, 0.2) is 6.20 Å². The molecule has 0 fully saturated rings. The van der Waals surface area contributed by atoms with Gasteiger partial charge in [-0.25, -0.2) is 0 Å². The maximum Gasteiger partial charge on any atom is 0.270 e. The van der Waals surface area contributed by atoms with Crippen molar-refractivity contribution in [3.63, 3.8) is 0 Å². The van der Waals surface area contributed by atoms with E-state index in [0.29, 0.717) is 0 Å². The van der Waals surface area contributed by atoms with Crippen molar-refractivity contribution in [1.29, 1.82) is 0 Å². The topological polar surface area (TPSA) is 12.1 Å². The van der Waals surface area contributed by atoms with E-state index < -0.39 is 0 Å². The lowest BCUT2D eigenvalue weighted by molar-refractivity contribution is -0.677. The summed E-state index contributed by atoms with van der Waals surface area (Å²) in [4.78, 5) is 3.79. The van der Waals surface area contributed by atoms with Gasteiger partial charge in [0.2, 0.25) is 12.8 Å². The minimum atomic E-state index is -0.120. The molecule has 0 spiro atoms. The molecule has 0 saturated carbocycles. The minimum Gasteiger partial charge on any atom is -0.310 e. The van der Waals surface area contributed by atoms with Crippen LogP contribution in [0.25, 0.3) is 57.2 Å². The van der Waals surface area contributed by atoms with Gasteiger partial charge < -0.3 is 9.47 Å². The van der Waals surface area contributed by atoms with Crippen LogP contribution in [0.4, 0.5) is 17.1 Å². The van der Waals surface area contributed by atoms with Gasteiger partial charge in [0.1, 0.15) is 0 Å². The molecule has 0 bridgehead atoms. The first kappa shape index (κ1) is 45.4. The Bertz CT molecular complexity index is 3970. The van der Waals surface area contributed by atoms with Gasteiger partial charge in [-0.15, -0.1) is 11.3 Å². The summed E-state index contributed by atoms with van der Waals surface area (Å²) >= 11 is 3.88. The molecule has 3 nitrogen and oxygen atoms in total. The van der Waals surface area contributed by atoms with Gasteiger partial charge in [0.05, 0.1) is 21.1 Å². The molecule has 0 radical (unpaired) electrons. The molecule has 11 aromatic rings. The summed E-state index contributed by atoms with van der Waals surface area (Å²) in [5.74, 6) is 0. The fraction of sp³-hybridized carbons (Fsp3) is 0.258. The standard InChI is InChI=1S/C66H63BN3S2/c1-63(2,3)39-23-27-43(28-24-39)69(44-29-25-40(26-30-44)64(4,5)6)45-31-32-52-49(38-45)58(68-33-17-20-47-46-18-13-15-21-55(46)72-62(47)68)50-34-42(66(10,11)12)37-54-57(50)67(52)53-36-41(65(7,8)9)35-51-59(53)70(54)60-48-19-14-16-22-56(48)71-61(51)60/h13-38,58H,1-12H3/q+1. The molecule has 2 aliphatic rings. The molecule has 13 rings (SSSR count). The zero-order chi connectivity index (χ0) is 50.0. The summed E-state index contributed by atoms with van der Waals surface area (Å²) in [6.07, 6.45) is 2.37. The van der Waals surface area contributed by atoms with Crippen LogP contribution in [0.5, 0.6) is 0 Å². The van der Waals surface area contributed by atoms with Crippen molar-refractivity contribution < 1.29 is 4.57 Å². The predicted octanol–water partition coefficient (Wildman–Crippen LogP) is 16.1. The molecule has 4 aromatic heterocycles. The molecule has 1 unspecified atom stereocenters. The lowest BCUT2D eigenvalue weighted by atomic mass is 9.31. The van der Waals surface area contributed by atoms with Crippen molar-refractivity contribution in [2.45, 2.75) is 111 Å². The van der Waals surface area contributed by atoms with Crippen LogP contribution in [-0.2, 0) is 21.7 Å². The highest BCUT2D eigenvalue weighted by Crippen LogP contribution is 2.47. The average molecular weight is 973 g/mol. The van der Waals surface area contributed by atoms with Crippen molar-refractivity contribution in [2.75, 3.05) is 4.90 Å². The van der Waals surface area contributed by atoms with E-state index in [4.69, 9.17) is 0 Å². The third-order valence-corrected chi connectivity index (χ3v) is 18.4. The molecule has 2 aliphatic heterocycles. The molecule has 0 N–H and O–H groups in total. The largest absolute Gasteiger partial charge is 0.310 e. The first-order chi connectivity index (χ1) is 34.2. The monoisotopic (exact) mass is 972 g/mol. The molecule has 0 amide bonds. The Labute approximate surface area is 433 Å². The number of fused-ring (bicyclic) bond motifs is 12. The highest BCUT2D eigenvalue weighted by molar-refractivity contribution is 7.27. The highest BCUT2D eigenvalue weighted by Gasteiger charge is 2.47. The van der Waals surface area contributed by atoms with E-state index in [9.17, 15) is 0 Å². The lowest BCUT2D eigenvalue weighted by Crippen LogP contribution is -2.64. The zero-order valence-electron chi connectivity index (χ0n) is 43.8. The first-order valence-electron chi connectivity index (χ1n) is 25.9. The van der Waals surface area contributed by atoms with Gasteiger partial charge in [-0.3, -0.25) is 0 Å². The molecule has 0 saturated heterocycles. The molecule has 6 heterocycles. The fourth-order valence-electron chi connectivity index (χ4n) is 12.1. The van der Waals surface area contributed by atoms with Gasteiger partial charge in [0.25, 0.3) is 4.83 Å². The molecule has 0 aliphatic carbocycles. The van der Waals surface area contributed by atoms with E-state index in [2.05, 4.69) is 255 Å². The Hall–Kier alpha value is -6.47. The number of nitrogens with zero attached hydrogens (tertiary/aromatic N) is 3. The van der Waals surface area contributed by atoms with Crippen molar-refractivity contribution in [3.8, 4) is 5.69 Å². The second-order valence-corrected chi connectivity index (χ2v) is 27.0. The minimum absolute atomic E-state index is 0.0182. The van der Waals surface area contributed by atoms with Gasteiger partial charge in [0, 0.05) is 65.5 Å². The van der Waals surface area contributed by atoms with E-state index >= 15 is 0 Å². The maximum absolute atomic E-state index is 2.71. The molecule has 7 aromatic carbocycles. The van der Waals surface area contributed by atoms with Crippen molar-refractivity contribution in [2.24, 2.45) is 0 Å². The van der Waals surface area contributed by atoms with E-state index in [1.165, 1.54) is 107 Å².